The number of hydrogen-bond donors (Lipinski definition) is 1. The Morgan fingerprint density at radius 2 is 2.46 bits per heavy atom. The topological polar surface area (TPSA) is 67.1 Å². The van der Waals surface area contributed by atoms with Crippen LogP contribution in [0.15, 0.2) is 0 Å². The third-order valence-corrected chi connectivity index (χ3v) is 2.44. The molecule has 0 spiro atoms. The molecule has 1 saturated heterocycles. The minimum absolute atomic E-state index is 0.173. The molecule has 2 heterocycles. The molecule has 72 valence electrons. The van der Waals surface area contributed by atoms with Crippen LogP contribution in [0.1, 0.15) is 12.8 Å². The van der Waals surface area contributed by atoms with Crippen molar-refractivity contribution in [1.29, 1.82) is 0 Å². The molecular formula is C7H13N5O. The van der Waals surface area contributed by atoms with Crippen molar-refractivity contribution in [2.75, 3.05) is 18.1 Å². The summed E-state index contributed by atoms with van der Waals surface area (Å²) in [6.45, 7) is 1.10. The Bertz CT molecular complexity index is 286. The highest BCUT2D eigenvalue weighted by Gasteiger charge is 2.27. The van der Waals surface area contributed by atoms with Crippen molar-refractivity contribution in [3.05, 3.63) is 0 Å². The normalized spacial score (nSPS) is 22.6. The lowest BCUT2D eigenvalue weighted by Crippen LogP contribution is -2.34. The van der Waals surface area contributed by atoms with E-state index in [0.29, 0.717) is 0 Å². The molecule has 1 unspecified atom stereocenters. The molecule has 6 heteroatoms. The van der Waals surface area contributed by atoms with E-state index in [2.05, 4.69) is 20.4 Å². The van der Waals surface area contributed by atoms with Crippen molar-refractivity contribution in [2.24, 2.45) is 7.05 Å². The first kappa shape index (κ1) is 8.43. The van der Waals surface area contributed by atoms with Crippen LogP contribution >= 0.6 is 0 Å². The van der Waals surface area contributed by atoms with Crippen molar-refractivity contribution in [3.63, 3.8) is 0 Å². The maximum Gasteiger partial charge on any atom is 0.245 e. The quantitative estimate of drug-likeness (QED) is 0.648. The van der Waals surface area contributed by atoms with Gasteiger partial charge in [-0.05, 0) is 23.3 Å². The van der Waals surface area contributed by atoms with E-state index in [9.17, 15) is 0 Å². The van der Waals surface area contributed by atoms with Gasteiger partial charge in [-0.3, -0.25) is 0 Å². The second-order valence-electron chi connectivity index (χ2n) is 3.27. The molecule has 1 aromatic heterocycles. The van der Waals surface area contributed by atoms with Gasteiger partial charge in [0.05, 0.1) is 12.6 Å². The zero-order chi connectivity index (χ0) is 9.26. The summed E-state index contributed by atoms with van der Waals surface area (Å²) >= 11 is 0. The van der Waals surface area contributed by atoms with Gasteiger partial charge in [-0.15, -0.1) is 0 Å². The SMILES string of the molecule is Cn1nnnc1N1CCCC1CO. The Labute approximate surface area is 76.2 Å². The maximum atomic E-state index is 9.11. The Morgan fingerprint density at radius 3 is 3.08 bits per heavy atom. The van der Waals surface area contributed by atoms with Crippen LogP contribution in [0.3, 0.4) is 0 Å². The smallest absolute Gasteiger partial charge is 0.245 e. The number of hydrogen-bond acceptors (Lipinski definition) is 5. The second-order valence-corrected chi connectivity index (χ2v) is 3.27. The summed E-state index contributed by atoms with van der Waals surface area (Å²) in [4.78, 5) is 2.06. The third kappa shape index (κ3) is 1.37. The Kier molecular flexibility index (Phi) is 2.13. The lowest BCUT2D eigenvalue weighted by atomic mass is 10.2. The molecule has 1 N–H and O–H groups in total. The fourth-order valence-corrected chi connectivity index (χ4v) is 1.76. The molecule has 2 rings (SSSR count). The van der Waals surface area contributed by atoms with Gasteiger partial charge in [0.15, 0.2) is 0 Å². The molecule has 0 aliphatic carbocycles. The molecule has 0 aromatic carbocycles. The van der Waals surface area contributed by atoms with E-state index < -0.39 is 0 Å². The van der Waals surface area contributed by atoms with E-state index >= 15 is 0 Å². The highest BCUT2D eigenvalue weighted by atomic mass is 16.3. The number of anilines is 1. The van der Waals surface area contributed by atoms with E-state index in [1.54, 1.807) is 4.68 Å². The van der Waals surface area contributed by atoms with Crippen molar-refractivity contribution in [1.82, 2.24) is 20.2 Å². The summed E-state index contributed by atoms with van der Waals surface area (Å²) in [5, 5.41) is 20.4. The standard InChI is InChI=1S/C7H13N5O/c1-11-7(8-9-10-11)12-4-2-3-6(12)5-13/h6,13H,2-5H2,1H3. The summed E-state index contributed by atoms with van der Waals surface area (Å²) in [6.07, 6.45) is 2.11. The summed E-state index contributed by atoms with van der Waals surface area (Å²) < 4.78 is 1.63. The van der Waals surface area contributed by atoms with Gasteiger partial charge in [0.25, 0.3) is 0 Å². The van der Waals surface area contributed by atoms with E-state index in [1.807, 2.05) is 7.05 Å². The van der Waals surface area contributed by atoms with Gasteiger partial charge >= 0.3 is 0 Å². The van der Waals surface area contributed by atoms with Gasteiger partial charge < -0.3 is 10.0 Å². The number of aryl methyl sites for hydroxylation is 1. The minimum Gasteiger partial charge on any atom is -0.394 e. The van der Waals surface area contributed by atoms with Gasteiger partial charge in [0, 0.05) is 13.6 Å². The van der Waals surface area contributed by atoms with E-state index in [0.717, 1.165) is 25.3 Å². The van der Waals surface area contributed by atoms with Crippen LogP contribution in [-0.2, 0) is 7.05 Å². The van der Waals surface area contributed by atoms with Crippen molar-refractivity contribution < 1.29 is 5.11 Å². The molecule has 0 radical (unpaired) electrons. The van der Waals surface area contributed by atoms with Crippen LogP contribution in [0.5, 0.6) is 0 Å². The van der Waals surface area contributed by atoms with Crippen LogP contribution in [0.25, 0.3) is 0 Å². The van der Waals surface area contributed by atoms with Crippen LogP contribution in [0.2, 0.25) is 0 Å². The molecular weight excluding hydrogens is 170 g/mol. The monoisotopic (exact) mass is 183 g/mol. The van der Waals surface area contributed by atoms with Gasteiger partial charge in [-0.25, -0.2) is 4.68 Å². The Balaban J connectivity index is 2.20. The summed E-state index contributed by atoms with van der Waals surface area (Å²) in [5.41, 5.74) is 0. The molecule has 1 fully saturated rings. The maximum absolute atomic E-state index is 9.11. The number of tetrazole rings is 1. The number of rotatable bonds is 2. The largest absolute Gasteiger partial charge is 0.394 e. The molecule has 1 atom stereocenters. The van der Waals surface area contributed by atoms with Gasteiger partial charge in [-0.1, -0.05) is 5.10 Å². The zero-order valence-corrected chi connectivity index (χ0v) is 7.59. The molecule has 0 bridgehead atoms. The first-order valence-corrected chi connectivity index (χ1v) is 4.43. The summed E-state index contributed by atoms with van der Waals surface area (Å²) in [7, 11) is 1.81. The van der Waals surface area contributed by atoms with Crippen LogP contribution in [0, 0.1) is 0 Å². The van der Waals surface area contributed by atoms with E-state index in [1.165, 1.54) is 0 Å². The molecule has 0 amide bonds. The van der Waals surface area contributed by atoms with Crippen LogP contribution in [-0.4, -0.2) is 44.5 Å². The van der Waals surface area contributed by atoms with Crippen molar-refractivity contribution in [3.8, 4) is 0 Å². The summed E-state index contributed by atoms with van der Waals surface area (Å²) in [6, 6.07) is 0.185. The van der Waals surface area contributed by atoms with Crippen LogP contribution in [0.4, 0.5) is 5.95 Å². The summed E-state index contributed by atoms with van der Waals surface area (Å²) in [5.74, 6) is 0.747. The van der Waals surface area contributed by atoms with Crippen LogP contribution < -0.4 is 4.90 Å². The van der Waals surface area contributed by atoms with Crippen molar-refractivity contribution >= 4 is 5.95 Å². The molecule has 6 nitrogen and oxygen atoms in total. The first-order chi connectivity index (χ1) is 6.33. The molecule has 1 aromatic rings. The zero-order valence-electron chi connectivity index (χ0n) is 7.59. The minimum atomic E-state index is 0.173. The average molecular weight is 183 g/mol. The lowest BCUT2D eigenvalue weighted by molar-refractivity contribution is 0.265. The predicted molar refractivity (Wildman–Crippen MR) is 46.3 cm³/mol. The number of nitrogens with zero attached hydrogens (tertiary/aromatic N) is 5. The average Bonchev–Trinajstić information content (AvgIpc) is 2.71. The van der Waals surface area contributed by atoms with Gasteiger partial charge in [0.1, 0.15) is 0 Å². The Morgan fingerprint density at radius 1 is 1.62 bits per heavy atom. The van der Waals surface area contributed by atoms with Crippen molar-refractivity contribution in [2.45, 2.75) is 18.9 Å². The molecule has 1 aliphatic rings. The van der Waals surface area contributed by atoms with E-state index in [4.69, 9.17) is 5.11 Å². The Hall–Kier alpha value is -1.17. The van der Waals surface area contributed by atoms with E-state index in [-0.39, 0.29) is 12.6 Å². The molecule has 0 saturated carbocycles. The second kappa shape index (κ2) is 3.29. The third-order valence-electron chi connectivity index (χ3n) is 2.44. The van der Waals surface area contributed by atoms with Gasteiger partial charge in [-0.2, -0.15) is 0 Å². The highest BCUT2D eigenvalue weighted by molar-refractivity contribution is 5.31. The first-order valence-electron chi connectivity index (χ1n) is 4.43. The lowest BCUT2D eigenvalue weighted by Gasteiger charge is -2.22. The fourth-order valence-electron chi connectivity index (χ4n) is 1.76. The number of aliphatic hydroxyl groups excluding tert-OH is 1. The molecule has 1 aliphatic heterocycles. The predicted octanol–water partition coefficient (Wildman–Crippen LogP) is -0.829. The number of aliphatic hydroxyl groups is 1. The van der Waals surface area contributed by atoms with Gasteiger partial charge in [0.2, 0.25) is 5.95 Å². The fraction of sp³-hybridized carbons (Fsp3) is 0.857. The highest BCUT2D eigenvalue weighted by Crippen LogP contribution is 2.21. The molecule has 13 heavy (non-hydrogen) atoms. The number of aromatic nitrogens is 4.